The minimum atomic E-state index is 0.791. The lowest BCUT2D eigenvalue weighted by Gasteiger charge is -2.37. The van der Waals surface area contributed by atoms with Gasteiger partial charge < -0.3 is 14.6 Å². The van der Waals surface area contributed by atoms with Crippen molar-refractivity contribution in [1.29, 1.82) is 0 Å². The summed E-state index contributed by atoms with van der Waals surface area (Å²) < 4.78 is 5.34. The van der Waals surface area contributed by atoms with Gasteiger partial charge in [0.25, 0.3) is 0 Å². The summed E-state index contributed by atoms with van der Waals surface area (Å²) in [5.41, 5.74) is 0. The van der Waals surface area contributed by atoms with Gasteiger partial charge in [0.1, 0.15) is 5.76 Å². The fourth-order valence-corrected chi connectivity index (χ4v) is 2.03. The summed E-state index contributed by atoms with van der Waals surface area (Å²) >= 11 is 5.26. The lowest BCUT2D eigenvalue weighted by atomic mass is 10.4. The van der Waals surface area contributed by atoms with Gasteiger partial charge in [0, 0.05) is 6.54 Å². The monoisotopic (exact) mass is 239 g/mol. The van der Waals surface area contributed by atoms with Crippen LogP contribution >= 0.6 is 12.2 Å². The van der Waals surface area contributed by atoms with Crippen molar-refractivity contribution in [3.8, 4) is 0 Å². The number of thiocarbonyl (C=S) groups is 1. The number of nitrogens with one attached hydrogen (secondary N) is 1. The van der Waals surface area contributed by atoms with Gasteiger partial charge in [0.2, 0.25) is 0 Å². The lowest BCUT2D eigenvalue weighted by Crippen LogP contribution is -2.55. The smallest absolute Gasteiger partial charge is 0.170 e. The topological polar surface area (TPSA) is 31.6 Å². The molecule has 1 N–H and O–H groups in total. The Morgan fingerprint density at radius 1 is 1.56 bits per heavy atom. The maximum atomic E-state index is 5.34. The first-order chi connectivity index (χ1) is 7.79. The van der Waals surface area contributed by atoms with Crippen molar-refractivity contribution in [2.75, 3.05) is 19.9 Å². The van der Waals surface area contributed by atoms with Crippen LogP contribution < -0.4 is 5.32 Å². The third-order valence-electron chi connectivity index (χ3n) is 2.56. The second-order valence-corrected chi connectivity index (χ2v) is 4.34. The quantitative estimate of drug-likeness (QED) is 0.807. The molecule has 5 heteroatoms. The van der Waals surface area contributed by atoms with Crippen molar-refractivity contribution in [2.24, 2.45) is 0 Å². The second kappa shape index (κ2) is 5.32. The highest BCUT2D eigenvalue weighted by atomic mass is 32.1. The van der Waals surface area contributed by atoms with Gasteiger partial charge in [-0.3, -0.25) is 4.90 Å². The molecule has 1 aromatic heterocycles. The Bertz CT molecular complexity index is 339. The average molecular weight is 239 g/mol. The summed E-state index contributed by atoms with van der Waals surface area (Å²) in [5.74, 6) is 0.992. The van der Waals surface area contributed by atoms with Crippen molar-refractivity contribution >= 4 is 17.3 Å². The molecule has 88 valence electrons. The fraction of sp³-hybridized carbons (Fsp3) is 0.545. The van der Waals surface area contributed by atoms with Crippen molar-refractivity contribution in [2.45, 2.75) is 19.9 Å². The van der Waals surface area contributed by atoms with Gasteiger partial charge in [0.15, 0.2) is 5.11 Å². The summed E-state index contributed by atoms with van der Waals surface area (Å²) in [4.78, 5) is 4.45. The molecule has 0 aliphatic carbocycles. The van der Waals surface area contributed by atoms with Gasteiger partial charge in [-0.15, -0.1) is 0 Å². The highest BCUT2D eigenvalue weighted by Gasteiger charge is 2.20. The Labute approximate surface area is 101 Å². The fourth-order valence-electron chi connectivity index (χ4n) is 1.82. The first-order valence-electron chi connectivity index (χ1n) is 5.57. The summed E-state index contributed by atoms with van der Waals surface area (Å²) in [6, 6.07) is 3.91. The Morgan fingerprint density at radius 2 is 2.44 bits per heavy atom. The van der Waals surface area contributed by atoms with E-state index in [1.807, 2.05) is 12.1 Å². The Kier molecular flexibility index (Phi) is 3.79. The zero-order chi connectivity index (χ0) is 11.4. The van der Waals surface area contributed by atoms with E-state index in [4.69, 9.17) is 16.6 Å². The molecule has 2 heterocycles. The molecular weight excluding hydrogens is 222 g/mol. The molecule has 0 aromatic carbocycles. The SMILES string of the molecule is CCCN1CN(Cc2ccco2)CNC1=S. The largest absolute Gasteiger partial charge is 0.468 e. The molecule has 1 fully saturated rings. The van der Waals surface area contributed by atoms with E-state index in [-0.39, 0.29) is 0 Å². The zero-order valence-corrected chi connectivity index (χ0v) is 10.3. The van der Waals surface area contributed by atoms with Crippen molar-refractivity contribution < 1.29 is 4.42 Å². The van der Waals surface area contributed by atoms with Crippen LogP contribution in [0.15, 0.2) is 22.8 Å². The standard InChI is InChI=1S/C11H17N3OS/c1-2-5-14-9-13(8-12-11(14)16)7-10-4-3-6-15-10/h3-4,6H,2,5,7-9H2,1H3,(H,12,16). The number of hydrogen-bond acceptors (Lipinski definition) is 3. The summed E-state index contributed by atoms with van der Waals surface area (Å²) in [7, 11) is 0. The number of nitrogens with zero attached hydrogens (tertiary/aromatic N) is 2. The second-order valence-electron chi connectivity index (χ2n) is 3.95. The van der Waals surface area contributed by atoms with Crippen LogP contribution in [0.25, 0.3) is 0 Å². The van der Waals surface area contributed by atoms with E-state index in [0.717, 1.165) is 43.7 Å². The molecule has 1 aliphatic rings. The Hall–Kier alpha value is -1.07. The van der Waals surface area contributed by atoms with E-state index in [1.165, 1.54) is 0 Å². The lowest BCUT2D eigenvalue weighted by molar-refractivity contribution is 0.137. The molecule has 1 aliphatic heterocycles. The average Bonchev–Trinajstić information content (AvgIpc) is 2.76. The predicted molar refractivity (Wildman–Crippen MR) is 66.7 cm³/mol. The van der Waals surface area contributed by atoms with Gasteiger partial charge >= 0.3 is 0 Å². The molecule has 2 rings (SSSR count). The van der Waals surface area contributed by atoms with Crippen LogP contribution in [0.4, 0.5) is 0 Å². The van der Waals surface area contributed by atoms with Crippen LogP contribution in [0.2, 0.25) is 0 Å². The molecule has 0 atom stereocenters. The van der Waals surface area contributed by atoms with E-state index in [1.54, 1.807) is 6.26 Å². The van der Waals surface area contributed by atoms with E-state index >= 15 is 0 Å². The van der Waals surface area contributed by atoms with Gasteiger partial charge in [-0.05, 0) is 30.8 Å². The molecule has 0 saturated carbocycles. The molecule has 16 heavy (non-hydrogen) atoms. The number of hydrogen-bond donors (Lipinski definition) is 1. The van der Waals surface area contributed by atoms with Crippen molar-refractivity contribution in [1.82, 2.24) is 15.1 Å². The molecule has 1 aromatic rings. The highest BCUT2D eigenvalue weighted by molar-refractivity contribution is 7.80. The minimum Gasteiger partial charge on any atom is -0.468 e. The van der Waals surface area contributed by atoms with Crippen LogP contribution in [0.1, 0.15) is 19.1 Å². The molecule has 0 amide bonds. The predicted octanol–water partition coefficient (Wildman–Crippen LogP) is 1.60. The first-order valence-corrected chi connectivity index (χ1v) is 5.98. The summed E-state index contributed by atoms with van der Waals surface area (Å²) in [6.07, 6.45) is 2.82. The van der Waals surface area contributed by atoms with Crippen molar-refractivity contribution in [3.63, 3.8) is 0 Å². The third kappa shape index (κ3) is 2.74. The molecule has 1 saturated heterocycles. The minimum absolute atomic E-state index is 0.791. The van der Waals surface area contributed by atoms with E-state index < -0.39 is 0 Å². The normalized spacial score (nSPS) is 17.6. The van der Waals surface area contributed by atoms with Gasteiger partial charge in [-0.25, -0.2) is 0 Å². The summed E-state index contributed by atoms with van der Waals surface area (Å²) in [5, 5.41) is 4.08. The zero-order valence-electron chi connectivity index (χ0n) is 9.48. The maximum absolute atomic E-state index is 5.34. The van der Waals surface area contributed by atoms with Gasteiger partial charge in [0.05, 0.1) is 26.1 Å². The van der Waals surface area contributed by atoms with E-state index in [2.05, 4.69) is 22.0 Å². The van der Waals surface area contributed by atoms with Gasteiger partial charge in [-0.1, -0.05) is 6.92 Å². The number of rotatable bonds is 4. The maximum Gasteiger partial charge on any atom is 0.170 e. The molecule has 0 bridgehead atoms. The van der Waals surface area contributed by atoms with E-state index in [9.17, 15) is 0 Å². The van der Waals surface area contributed by atoms with Crippen LogP contribution in [0, 0.1) is 0 Å². The van der Waals surface area contributed by atoms with Crippen LogP contribution in [-0.4, -0.2) is 34.8 Å². The molecule has 0 spiro atoms. The van der Waals surface area contributed by atoms with Crippen LogP contribution in [-0.2, 0) is 6.54 Å². The van der Waals surface area contributed by atoms with Crippen LogP contribution in [0.5, 0.6) is 0 Å². The van der Waals surface area contributed by atoms with E-state index in [0.29, 0.717) is 0 Å². The number of furan rings is 1. The molecular formula is C11H17N3OS. The van der Waals surface area contributed by atoms with Crippen LogP contribution in [0.3, 0.4) is 0 Å². The van der Waals surface area contributed by atoms with Crippen molar-refractivity contribution in [3.05, 3.63) is 24.2 Å². The Balaban J connectivity index is 1.90. The molecule has 0 radical (unpaired) electrons. The van der Waals surface area contributed by atoms with Gasteiger partial charge in [-0.2, -0.15) is 0 Å². The Morgan fingerprint density at radius 3 is 3.12 bits per heavy atom. The molecule has 4 nitrogen and oxygen atoms in total. The highest BCUT2D eigenvalue weighted by Crippen LogP contribution is 2.09. The third-order valence-corrected chi connectivity index (χ3v) is 2.97. The molecule has 0 unspecified atom stereocenters. The first kappa shape index (κ1) is 11.4. The summed E-state index contributed by atoms with van der Waals surface area (Å²) in [6.45, 7) is 5.65.